The number of anilines is 2. The molecule has 29 heavy (non-hydrogen) atoms. The molecule has 1 amide bonds. The number of methoxy groups -OCH3 is 1. The van der Waals surface area contributed by atoms with E-state index in [0.29, 0.717) is 43.4 Å². The molecule has 0 spiro atoms. The number of nitro groups is 1. The van der Waals surface area contributed by atoms with Crippen molar-refractivity contribution in [3.8, 4) is 5.75 Å². The summed E-state index contributed by atoms with van der Waals surface area (Å²) in [5, 5.41) is 16.7. The van der Waals surface area contributed by atoms with E-state index in [1.165, 1.54) is 19.2 Å². The van der Waals surface area contributed by atoms with Gasteiger partial charge in [0.1, 0.15) is 5.75 Å². The molecule has 1 heterocycles. The molecule has 1 saturated heterocycles. The first-order chi connectivity index (χ1) is 14.0. The summed E-state index contributed by atoms with van der Waals surface area (Å²) in [6.45, 7) is 2.21. The van der Waals surface area contributed by atoms with Crippen molar-refractivity contribution in [2.75, 3.05) is 43.6 Å². The monoisotopic (exact) mass is 416 g/mol. The highest BCUT2D eigenvalue weighted by Crippen LogP contribution is 2.27. The molecule has 0 saturated carbocycles. The Balaban J connectivity index is 1.82. The van der Waals surface area contributed by atoms with Crippen molar-refractivity contribution in [1.29, 1.82) is 0 Å². The van der Waals surface area contributed by atoms with E-state index in [1.54, 1.807) is 24.3 Å². The number of benzene rings is 2. The van der Waals surface area contributed by atoms with Crippen molar-refractivity contribution in [2.24, 2.45) is 0 Å². The van der Waals surface area contributed by atoms with Gasteiger partial charge in [0.15, 0.2) is 5.11 Å². The highest BCUT2D eigenvalue weighted by atomic mass is 32.1. The minimum atomic E-state index is -0.539. The Morgan fingerprint density at radius 1 is 1.24 bits per heavy atom. The topological polar surface area (TPSA) is 106 Å². The van der Waals surface area contributed by atoms with E-state index in [-0.39, 0.29) is 16.4 Å². The van der Waals surface area contributed by atoms with E-state index < -0.39 is 10.8 Å². The second kappa shape index (κ2) is 9.30. The number of para-hydroxylation sites is 2. The van der Waals surface area contributed by atoms with Crippen molar-refractivity contribution >= 4 is 40.3 Å². The Morgan fingerprint density at radius 2 is 1.97 bits per heavy atom. The number of ether oxygens (including phenoxy) is 2. The van der Waals surface area contributed by atoms with Gasteiger partial charge in [-0.2, -0.15) is 0 Å². The summed E-state index contributed by atoms with van der Waals surface area (Å²) in [7, 11) is 1.53. The van der Waals surface area contributed by atoms with E-state index in [9.17, 15) is 14.9 Å². The first-order valence-corrected chi connectivity index (χ1v) is 9.27. The third kappa shape index (κ3) is 4.98. The first kappa shape index (κ1) is 20.5. The third-order valence-electron chi connectivity index (χ3n) is 4.37. The number of amides is 1. The van der Waals surface area contributed by atoms with Crippen LogP contribution in [-0.2, 0) is 4.74 Å². The van der Waals surface area contributed by atoms with Crippen molar-refractivity contribution in [2.45, 2.75) is 0 Å². The number of hydrogen-bond acceptors (Lipinski definition) is 7. The lowest BCUT2D eigenvalue weighted by Crippen LogP contribution is -2.39. The standard InChI is InChI=1S/C19H20N4O5S/c1-27-17-5-3-2-4-15(17)20-19(29)21-18(24)14-12-13(23(25)26)6-7-16(14)22-8-10-28-11-9-22/h2-7,12H,8-11H2,1H3,(H2,20,21,24,29). The van der Waals surface area contributed by atoms with Gasteiger partial charge in [0.2, 0.25) is 0 Å². The second-order valence-corrected chi connectivity index (χ2v) is 6.57. The van der Waals surface area contributed by atoms with Crippen LogP contribution in [0, 0.1) is 10.1 Å². The normalized spacial score (nSPS) is 13.5. The number of non-ortho nitro benzene ring substituents is 1. The van der Waals surface area contributed by atoms with E-state index in [4.69, 9.17) is 21.7 Å². The maximum absolute atomic E-state index is 12.9. The average molecular weight is 416 g/mol. The lowest BCUT2D eigenvalue weighted by Gasteiger charge is -2.30. The number of rotatable bonds is 5. The highest BCUT2D eigenvalue weighted by Gasteiger charge is 2.22. The molecule has 1 aliphatic heterocycles. The molecule has 0 aromatic heterocycles. The van der Waals surface area contributed by atoms with Crippen molar-refractivity contribution in [1.82, 2.24) is 5.32 Å². The summed E-state index contributed by atoms with van der Waals surface area (Å²) in [6.07, 6.45) is 0. The average Bonchev–Trinajstić information content (AvgIpc) is 2.74. The molecule has 2 aromatic carbocycles. The van der Waals surface area contributed by atoms with Gasteiger partial charge < -0.3 is 19.7 Å². The molecule has 0 radical (unpaired) electrons. The molecular formula is C19H20N4O5S. The molecule has 2 aromatic rings. The number of nitro benzene ring substituents is 1. The van der Waals surface area contributed by atoms with Gasteiger partial charge in [0.25, 0.3) is 11.6 Å². The molecule has 1 fully saturated rings. The Kier molecular flexibility index (Phi) is 6.57. The fourth-order valence-electron chi connectivity index (χ4n) is 2.97. The van der Waals surface area contributed by atoms with Crippen LogP contribution >= 0.6 is 12.2 Å². The fraction of sp³-hybridized carbons (Fsp3) is 0.263. The van der Waals surface area contributed by atoms with Crippen LogP contribution in [0.5, 0.6) is 5.75 Å². The van der Waals surface area contributed by atoms with Gasteiger partial charge in [0.05, 0.1) is 42.2 Å². The number of carbonyl (C=O) groups excluding carboxylic acids is 1. The zero-order valence-electron chi connectivity index (χ0n) is 15.7. The molecule has 0 aliphatic carbocycles. The van der Waals surface area contributed by atoms with Crippen LogP contribution in [0.1, 0.15) is 10.4 Å². The smallest absolute Gasteiger partial charge is 0.270 e. The third-order valence-corrected chi connectivity index (χ3v) is 4.57. The summed E-state index contributed by atoms with van der Waals surface area (Å²) in [6, 6.07) is 11.3. The van der Waals surface area contributed by atoms with Gasteiger partial charge >= 0.3 is 0 Å². The maximum Gasteiger partial charge on any atom is 0.270 e. The van der Waals surface area contributed by atoms with E-state index in [0.717, 1.165) is 0 Å². The number of morpholine rings is 1. The summed E-state index contributed by atoms with van der Waals surface area (Å²) < 4.78 is 10.6. The van der Waals surface area contributed by atoms with Crippen LogP contribution in [-0.4, -0.2) is 49.4 Å². The van der Waals surface area contributed by atoms with Crippen LogP contribution < -0.4 is 20.3 Å². The van der Waals surface area contributed by atoms with Crippen LogP contribution in [0.25, 0.3) is 0 Å². The Labute approximate surface area is 172 Å². The van der Waals surface area contributed by atoms with Crippen molar-refractivity contribution < 1.29 is 19.2 Å². The van der Waals surface area contributed by atoms with E-state index in [1.807, 2.05) is 11.0 Å². The lowest BCUT2D eigenvalue weighted by molar-refractivity contribution is -0.384. The molecule has 0 unspecified atom stereocenters. The fourth-order valence-corrected chi connectivity index (χ4v) is 3.17. The predicted molar refractivity (Wildman–Crippen MR) is 113 cm³/mol. The quantitative estimate of drug-likeness (QED) is 0.435. The molecular weight excluding hydrogens is 396 g/mol. The molecule has 1 aliphatic rings. The van der Waals surface area contributed by atoms with Gasteiger partial charge in [-0.25, -0.2) is 0 Å². The van der Waals surface area contributed by atoms with Crippen molar-refractivity contribution in [3.63, 3.8) is 0 Å². The van der Waals surface area contributed by atoms with Crippen LogP contribution in [0.15, 0.2) is 42.5 Å². The number of hydrogen-bond donors (Lipinski definition) is 2. The van der Waals surface area contributed by atoms with Crippen LogP contribution in [0.4, 0.5) is 17.1 Å². The summed E-state index contributed by atoms with van der Waals surface area (Å²) in [4.78, 5) is 25.5. The Morgan fingerprint density at radius 3 is 2.66 bits per heavy atom. The summed E-state index contributed by atoms with van der Waals surface area (Å²) in [5.41, 5.74) is 1.19. The maximum atomic E-state index is 12.9. The zero-order valence-corrected chi connectivity index (χ0v) is 16.5. The first-order valence-electron chi connectivity index (χ1n) is 8.86. The number of thiocarbonyl (C=S) groups is 1. The molecule has 0 atom stereocenters. The van der Waals surface area contributed by atoms with E-state index >= 15 is 0 Å². The molecule has 2 N–H and O–H groups in total. The van der Waals surface area contributed by atoms with Gasteiger partial charge in [0, 0.05) is 25.2 Å². The molecule has 152 valence electrons. The molecule has 9 nitrogen and oxygen atoms in total. The van der Waals surface area contributed by atoms with Crippen LogP contribution in [0.2, 0.25) is 0 Å². The minimum absolute atomic E-state index is 0.0546. The van der Waals surface area contributed by atoms with Gasteiger partial charge in [-0.1, -0.05) is 12.1 Å². The highest BCUT2D eigenvalue weighted by molar-refractivity contribution is 7.80. The van der Waals surface area contributed by atoms with E-state index in [2.05, 4.69) is 10.6 Å². The van der Waals surface area contributed by atoms with Crippen molar-refractivity contribution in [3.05, 3.63) is 58.1 Å². The van der Waals surface area contributed by atoms with Gasteiger partial charge in [-0.15, -0.1) is 0 Å². The number of carbonyl (C=O) groups is 1. The molecule has 10 heteroatoms. The number of nitrogens with one attached hydrogen (secondary N) is 2. The lowest BCUT2D eigenvalue weighted by atomic mass is 10.1. The largest absolute Gasteiger partial charge is 0.495 e. The second-order valence-electron chi connectivity index (χ2n) is 6.17. The van der Waals surface area contributed by atoms with Crippen LogP contribution in [0.3, 0.4) is 0 Å². The predicted octanol–water partition coefficient (Wildman–Crippen LogP) is 2.57. The number of nitrogens with zero attached hydrogens (tertiary/aromatic N) is 2. The Bertz CT molecular complexity index is 931. The Hall–Kier alpha value is -3.24. The summed E-state index contributed by atoms with van der Waals surface area (Å²) in [5.74, 6) is 0.0241. The van der Waals surface area contributed by atoms with Gasteiger partial charge in [-0.05, 0) is 30.4 Å². The SMILES string of the molecule is COc1ccccc1NC(=S)NC(=O)c1cc([N+](=O)[O-])ccc1N1CCOCC1. The van der Waals surface area contributed by atoms with Gasteiger partial charge in [-0.3, -0.25) is 20.2 Å². The molecule has 3 rings (SSSR count). The zero-order chi connectivity index (χ0) is 20.8. The molecule has 0 bridgehead atoms. The summed E-state index contributed by atoms with van der Waals surface area (Å²) >= 11 is 5.24. The minimum Gasteiger partial charge on any atom is -0.495 e.